The van der Waals surface area contributed by atoms with E-state index in [0.717, 1.165) is 21.3 Å². The van der Waals surface area contributed by atoms with E-state index in [4.69, 9.17) is 9.15 Å². The molecule has 0 radical (unpaired) electrons. The first-order chi connectivity index (χ1) is 18.5. The average molecular weight is 588 g/mol. The topological polar surface area (TPSA) is 87.6 Å². The lowest BCUT2D eigenvalue weighted by molar-refractivity contribution is -0.122. The number of phenols is 1. The molecule has 1 aliphatic heterocycles. The van der Waals surface area contributed by atoms with Gasteiger partial charge < -0.3 is 14.3 Å². The van der Waals surface area contributed by atoms with E-state index < -0.39 is 0 Å². The lowest BCUT2D eigenvalue weighted by Gasteiger charge is -2.12. The van der Waals surface area contributed by atoms with Crippen LogP contribution in [0.4, 0.5) is 0 Å². The first-order valence-corrected chi connectivity index (χ1v) is 13.3. The maximum absolute atomic E-state index is 13.3. The van der Waals surface area contributed by atoms with E-state index in [1.165, 1.54) is 16.7 Å². The van der Waals surface area contributed by atoms with Crippen molar-refractivity contribution in [3.05, 3.63) is 123 Å². The van der Waals surface area contributed by atoms with E-state index in [1.807, 2.05) is 54.6 Å². The number of hydrogen-bond donors (Lipinski definition) is 1. The van der Waals surface area contributed by atoms with Crippen molar-refractivity contribution in [2.45, 2.75) is 13.2 Å². The number of nitrogens with zero attached hydrogens (tertiary/aromatic N) is 3. The maximum atomic E-state index is 13.3. The Labute approximate surface area is 232 Å². The molecular formula is C29H22BrN3O4S. The zero-order valence-electron chi connectivity index (χ0n) is 20.0. The lowest BCUT2D eigenvalue weighted by Crippen LogP contribution is -2.28. The summed E-state index contributed by atoms with van der Waals surface area (Å²) in [5, 5.41) is 19.2. The largest absolute Gasteiger partial charge is 0.507 e. The molecule has 0 aliphatic carbocycles. The van der Waals surface area contributed by atoms with Crippen LogP contribution >= 0.6 is 27.7 Å². The van der Waals surface area contributed by atoms with Gasteiger partial charge in [0.25, 0.3) is 5.91 Å². The number of amides is 1. The second kappa shape index (κ2) is 12.0. The molecular weight excluding hydrogens is 566 g/mol. The van der Waals surface area contributed by atoms with Crippen LogP contribution in [-0.2, 0) is 17.9 Å². The number of halogens is 1. The SMILES string of the molecule is O=C1/C(=C/c2cc(Br)ccc2O)S/C(=N\N=C\c2cccc(OCc3ccccc3)c2)N1Cc1ccco1. The van der Waals surface area contributed by atoms with Crippen LogP contribution in [-0.4, -0.2) is 27.3 Å². The van der Waals surface area contributed by atoms with Gasteiger partial charge in [-0.1, -0.05) is 58.4 Å². The van der Waals surface area contributed by atoms with Crippen LogP contribution in [0.1, 0.15) is 22.5 Å². The van der Waals surface area contributed by atoms with Crippen molar-refractivity contribution in [1.29, 1.82) is 0 Å². The van der Waals surface area contributed by atoms with Crippen molar-refractivity contribution < 1.29 is 19.1 Å². The Bertz CT molecular complexity index is 1520. The van der Waals surface area contributed by atoms with Crippen LogP contribution in [0.2, 0.25) is 0 Å². The number of furan rings is 1. The summed E-state index contributed by atoms with van der Waals surface area (Å²) in [4.78, 5) is 15.2. The Morgan fingerprint density at radius 3 is 2.71 bits per heavy atom. The summed E-state index contributed by atoms with van der Waals surface area (Å²) in [6, 6.07) is 26.1. The monoisotopic (exact) mass is 587 g/mol. The standard InChI is InChI=1S/C29H22BrN3O4S/c30-23-11-12-26(34)22(15-23)16-27-28(35)33(18-25-10-5-13-36-25)29(38-27)32-31-17-21-8-4-9-24(14-21)37-19-20-6-2-1-3-7-20/h1-17,34H,18-19H2/b27-16-,31-17+,32-29-. The normalized spacial score (nSPS) is 15.7. The fourth-order valence-corrected chi connectivity index (χ4v) is 4.94. The first kappa shape index (κ1) is 25.6. The molecule has 2 heterocycles. The molecule has 190 valence electrons. The summed E-state index contributed by atoms with van der Waals surface area (Å²) < 4.78 is 12.1. The van der Waals surface area contributed by atoms with Crippen LogP contribution in [0.15, 0.2) is 115 Å². The summed E-state index contributed by atoms with van der Waals surface area (Å²) in [7, 11) is 0. The Kier molecular flexibility index (Phi) is 8.06. The summed E-state index contributed by atoms with van der Waals surface area (Å²) in [5.74, 6) is 1.15. The number of benzene rings is 3. The van der Waals surface area contributed by atoms with E-state index in [-0.39, 0.29) is 18.2 Å². The van der Waals surface area contributed by atoms with Gasteiger partial charge in [-0.25, -0.2) is 0 Å². The molecule has 0 bridgehead atoms. The van der Waals surface area contributed by atoms with Gasteiger partial charge in [-0.3, -0.25) is 9.69 Å². The highest BCUT2D eigenvalue weighted by Gasteiger charge is 2.34. The molecule has 3 aromatic carbocycles. The van der Waals surface area contributed by atoms with Crippen LogP contribution < -0.4 is 4.74 Å². The predicted octanol–water partition coefficient (Wildman–Crippen LogP) is 6.83. The van der Waals surface area contributed by atoms with Gasteiger partial charge in [0.1, 0.15) is 23.9 Å². The number of thioether (sulfide) groups is 1. The Morgan fingerprint density at radius 2 is 1.89 bits per heavy atom. The van der Waals surface area contributed by atoms with E-state index in [9.17, 15) is 9.90 Å². The van der Waals surface area contributed by atoms with Crippen molar-refractivity contribution in [2.24, 2.45) is 10.2 Å². The molecule has 1 amide bonds. The number of amidine groups is 1. The van der Waals surface area contributed by atoms with Gasteiger partial charge in [0.15, 0.2) is 5.17 Å². The number of rotatable bonds is 8. The van der Waals surface area contributed by atoms with Crippen molar-refractivity contribution >= 4 is 51.1 Å². The number of carbonyl (C=O) groups excluding carboxylic acids is 1. The third-order valence-electron chi connectivity index (χ3n) is 5.51. The van der Waals surface area contributed by atoms with Crippen molar-refractivity contribution in [1.82, 2.24) is 4.90 Å². The minimum Gasteiger partial charge on any atom is -0.507 e. The molecule has 4 aromatic rings. The van der Waals surface area contributed by atoms with E-state index >= 15 is 0 Å². The lowest BCUT2D eigenvalue weighted by atomic mass is 10.2. The molecule has 1 N–H and O–H groups in total. The molecule has 0 spiro atoms. The second-order valence-corrected chi connectivity index (χ2v) is 10.2. The molecule has 0 saturated carbocycles. The maximum Gasteiger partial charge on any atom is 0.267 e. The fourth-order valence-electron chi connectivity index (χ4n) is 3.63. The number of ether oxygens (including phenoxy) is 1. The van der Waals surface area contributed by atoms with Crippen LogP contribution in [0.25, 0.3) is 6.08 Å². The molecule has 38 heavy (non-hydrogen) atoms. The number of carbonyl (C=O) groups is 1. The van der Waals surface area contributed by atoms with Gasteiger partial charge in [-0.2, -0.15) is 5.10 Å². The van der Waals surface area contributed by atoms with E-state index in [1.54, 1.807) is 48.9 Å². The van der Waals surface area contributed by atoms with Crippen molar-refractivity contribution in [2.75, 3.05) is 0 Å². The van der Waals surface area contributed by atoms with Gasteiger partial charge in [-0.15, -0.1) is 5.10 Å². The first-order valence-electron chi connectivity index (χ1n) is 11.7. The Hall–Kier alpha value is -4.08. The summed E-state index contributed by atoms with van der Waals surface area (Å²) in [5.41, 5.74) is 2.41. The molecule has 1 aliphatic rings. The van der Waals surface area contributed by atoms with Crippen LogP contribution in [0.5, 0.6) is 11.5 Å². The highest BCUT2D eigenvalue weighted by molar-refractivity contribution is 9.10. The van der Waals surface area contributed by atoms with Gasteiger partial charge in [0.05, 0.1) is 23.9 Å². The molecule has 1 fully saturated rings. The quantitative estimate of drug-likeness (QED) is 0.139. The third-order valence-corrected chi connectivity index (χ3v) is 7.01. The molecule has 0 unspecified atom stereocenters. The summed E-state index contributed by atoms with van der Waals surface area (Å²) in [6.45, 7) is 0.671. The van der Waals surface area contributed by atoms with Gasteiger partial charge in [0.2, 0.25) is 0 Å². The van der Waals surface area contributed by atoms with Gasteiger partial charge in [-0.05, 0) is 71.4 Å². The Balaban J connectivity index is 1.35. The molecule has 7 nitrogen and oxygen atoms in total. The van der Waals surface area contributed by atoms with Gasteiger partial charge in [0, 0.05) is 10.0 Å². The van der Waals surface area contributed by atoms with E-state index in [0.29, 0.717) is 28.0 Å². The zero-order chi connectivity index (χ0) is 26.3. The number of hydrogen-bond acceptors (Lipinski definition) is 7. The van der Waals surface area contributed by atoms with Crippen molar-refractivity contribution in [3.8, 4) is 11.5 Å². The zero-order valence-corrected chi connectivity index (χ0v) is 22.4. The fraction of sp³-hybridized carbons (Fsp3) is 0.0690. The summed E-state index contributed by atoms with van der Waals surface area (Å²) >= 11 is 4.58. The molecule has 5 rings (SSSR count). The van der Waals surface area contributed by atoms with Crippen molar-refractivity contribution in [3.63, 3.8) is 0 Å². The van der Waals surface area contributed by atoms with Crippen LogP contribution in [0.3, 0.4) is 0 Å². The highest BCUT2D eigenvalue weighted by Crippen LogP contribution is 2.35. The summed E-state index contributed by atoms with van der Waals surface area (Å²) in [6.07, 6.45) is 4.81. The number of phenolic OH excluding ortho intramolecular Hbond substituents is 1. The smallest absolute Gasteiger partial charge is 0.267 e. The van der Waals surface area contributed by atoms with Gasteiger partial charge >= 0.3 is 0 Å². The second-order valence-electron chi connectivity index (χ2n) is 8.26. The minimum atomic E-state index is -0.254. The predicted molar refractivity (Wildman–Crippen MR) is 153 cm³/mol. The Morgan fingerprint density at radius 1 is 1.03 bits per heavy atom. The molecule has 1 saturated heterocycles. The number of aromatic hydroxyl groups is 1. The minimum absolute atomic E-state index is 0.0736. The van der Waals surface area contributed by atoms with Crippen LogP contribution in [0, 0.1) is 0 Å². The highest BCUT2D eigenvalue weighted by atomic mass is 79.9. The third kappa shape index (κ3) is 6.42. The molecule has 1 aromatic heterocycles. The average Bonchev–Trinajstić information content (AvgIpc) is 3.55. The molecule has 0 atom stereocenters. The molecule has 9 heteroatoms. The van der Waals surface area contributed by atoms with E-state index in [2.05, 4.69) is 26.1 Å².